The maximum absolute atomic E-state index is 5.97. The summed E-state index contributed by atoms with van der Waals surface area (Å²) in [4.78, 5) is 4.26. The molecule has 0 fully saturated rings. The Morgan fingerprint density at radius 2 is 1.90 bits per heavy atom. The van der Waals surface area contributed by atoms with Crippen molar-refractivity contribution in [2.75, 3.05) is 11.9 Å². The van der Waals surface area contributed by atoms with Crippen LogP contribution in [0.1, 0.15) is 42.8 Å². The van der Waals surface area contributed by atoms with Gasteiger partial charge in [0.25, 0.3) is 0 Å². The van der Waals surface area contributed by atoms with Gasteiger partial charge in [-0.25, -0.2) is 4.98 Å². The van der Waals surface area contributed by atoms with Crippen LogP contribution in [-0.4, -0.2) is 16.1 Å². The van der Waals surface area contributed by atoms with E-state index in [0.29, 0.717) is 12.6 Å². The van der Waals surface area contributed by atoms with E-state index >= 15 is 0 Å². The summed E-state index contributed by atoms with van der Waals surface area (Å²) in [6, 6.07) is 4.69. The molecule has 0 saturated heterocycles. The number of benzene rings is 1. The van der Waals surface area contributed by atoms with Crippen molar-refractivity contribution in [2.45, 2.75) is 39.8 Å². The Morgan fingerprint density at radius 3 is 2.43 bits per heavy atom. The van der Waals surface area contributed by atoms with E-state index < -0.39 is 0 Å². The predicted molar refractivity (Wildman–Crippen MR) is 91.6 cm³/mol. The lowest BCUT2D eigenvalue weighted by Crippen LogP contribution is -2.24. The quantitative estimate of drug-likeness (QED) is 0.857. The molecule has 2 aromatic rings. The van der Waals surface area contributed by atoms with Gasteiger partial charge >= 0.3 is 0 Å². The van der Waals surface area contributed by atoms with Crippen LogP contribution in [0.2, 0.25) is 0 Å². The molecule has 1 atom stereocenters. The molecule has 5 heteroatoms. The smallest absolute Gasteiger partial charge is 0.0951 e. The van der Waals surface area contributed by atoms with Gasteiger partial charge in [-0.05, 0) is 51.0 Å². The Morgan fingerprint density at radius 1 is 1.29 bits per heavy atom. The summed E-state index contributed by atoms with van der Waals surface area (Å²) in [6.45, 7) is 9.00. The predicted octanol–water partition coefficient (Wildman–Crippen LogP) is 3.96. The minimum atomic E-state index is 0.0508. The van der Waals surface area contributed by atoms with Crippen LogP contribution in [0.5, 0.6) is 0 Å². The van der Waals surface area contributed by atoms with Crippen LogP contribution in [0.4, 0.5) is 5.69 Å². The van der Waals surface area contributed by atoms with Crippen molar-refractivity contribution in [3.8, 4) is 0 Å². The third kappa shape index (κ3) is 3.47. The number of nitrogens with two attached hydrogens (primary N) is 1. The highest BCUT2D eigenvalue weighted by molar-refractivity contribution is 9.10. The highest BCUT2D eigenvalue weighted by atomic mass is 79.9. The Labute approximate surface area is 134 Å². The lowest BCUT2D eigenvalue weighted by atomic mass is 10.1. The fourth-order valence-corrected chi connectivity index (χ4v) is 2.73. The van der Waals surface area contributed by atoms with Gasteiger partial charge < -0.3 is 15.6 Å². The number of aryl methyl sites for hydroxylation is 2. The van der Waals surface area contributed by atoms with Gasteiger partial charge in [-0.3, -0.25) is 0 Å². The van der Waals surface area contributed by atoms with Crippen molar-refractivity contribution in [2.24, 2.45) is 5.73 Å². The van der Waals surface area contributed by atoms with Gasteiger partial charge in [-0.15, -0.1) is 0 Å². The summed E-state index contributed by atoms with van der Waals surface area (Å²) < 4.78 is 3.31. The maximum Gasteiger partial charge on any atom is 0.0951 e. The van der Waals surface area contributed by atoms with Crippen LogP contribution >= 0.6 is 15.9 Å². The standard InChI is InChI=1S/C16H23BrN4/c1-10(2)21-9-19-8-15(21)14(7-18)20-13-5-11(3)16(17)12(4)6-13/h5-6,8-10,14,20H,7,18H2,1-4H3. The van der Waals surface area contributed by atoms with Gasteiger partial charge in [-0.1, -0.05) is 15.9 Å². The van der Waals surface area contributed by atoms with Crippen molar-refractivity contribution in [1.29, 1.82) is 0 Å². The molecule has 4 nitrogen and oxygen atoms in total. The second-order valence-electron chi connectivity index (χ2n) is 5.68. The number of nitrogens with one attached hydrogen (secondary N) is 1. The lowest BCUT2D eigenvalue weighted by Gasteiger charge is -2.22. The molecular formula is C16H23BrN4. The molecule has 1 heterocycles. The Hall–Kier alpha value is -1.33. The summed E-state index contributed by atoms with van der Waals surface area (Å²) in [6.07, 6.45) is 3.76. The zero-order valence-electron chi connectivity index (χ0n) is 13.0. The highest BCUT2D eigenvalue weighted by Crippen LogP contribution is 2.27. The van der Waals surface area contributed by atoms with Crippen LogP contribution in [0.15, 0.2) is 29.1 Å². The number of anilines is 1. The molecule has 0 aliphatic heterocycles. The van der Waals surface area contributed by atoms with Gasteiger partial charge in [0.2, 0.25) is 0 Å². The van der Waals surface area contributed by atoms with E-state index in [9.17, 15) is 0 Å². The third-order valence-electron chi connectivity index (χ3n) is 3.62. The van der Waals surface area contributed by atoms with Crippen molar-refractivity contribution in [1.82, 2.24) is 9.55 Å². The average Bonchev–Trinajstić information content (AvgIpc) is 2.91. The molecule has 0 radical (unpaired) electrons. The molecule has 1 unspecified atom stereocenters. The van der Waals surface area contributed by atoms with Crippen LogP contribution in [0, 0.1) is 13.8 Å². The Bertz CT molecular complexity index is 595. The van der Waals surface area contributed by atoms with Gasteiger partial charge in [-0.2, -0.15) is 0 Å². The molecule has 1 aromatic heterocycles. The van der Waals surface area contributed by atoms with Crippen LogP contribution < -0.4 is 11.1 Å². The largest absolute Gasteiger partial charge is 0.375 e. The number of hydrogen-bond donors (Lipinski definition) is 2. The second kappa shape index (κ2) is 6.62. The van der Waals surface area contributed by atoms with Gasteiger partial charge in [0.05, 0.1) is 24.3 Å². The molecule has 21 heavy (non-hydrogen) atoms. The summed E-state index contributed by atoms with van der Waals surface area (Å²) in [5, 5.41) is 3.53. The highest BCUT2D eigenvalue weighted by Gasteiger charge is 2.16. The average molecular weight is 351 g/mol. The monoisotopic (exact) mass is 350 g/mol. The number of nitrogens with zero attached hydrogens (tertiary/aromatic N) is 2. The van der Waals surface area contributed by atoms with Crippen molar-refractivity contribution < 1.29 is 0 Å². The fourth-order valence-electron chi connectivity index (χ4n) is 2.50. The second-order valence-corrected chi connectivity index (χ2v) is 6.47. The molecule has 0 amide bonds. The first-order valence-corrected chi connectivity index (χ1v) is 7.98. The molecule has 2 rings (SSSR count). The minimum Gasteiger partial charge on any atom is -0.375 e. The lowest BCUT2D eigenvalue weighted by molar-refractivity contribution is 0.553. The number of hydrogen-bond acceptors (Lipinski definition) is 3. The van der Waals surface area contributed by atoms with E-state index in [2.05, 4.69) is 70.6 Å². The number of rotatable bonds is 5. The summed E-state index contributed by atoms with van der Waals surface area (Å²) >= 11 is 3.60. The summed E-state index contributed by atoms with van der Waals surface area (Å²) in [5.74, 6) is 0. The molecule has 0 bridgehead atoms. The van der Waals surface area contributed by atoms with E-state index in [1.807, 2.05) is 12.5 Å². The SMILES string of the molecule is Cc1cc(NC(CN)c2cncn2C(C)C)cc(C)c1Br. The summed E-state index contributed by atoms with van der Waals surface area (Å²) in [5.41, 5.74) is 10.6. The molecule has 0 saturated carbocycles. The normalized spacial score (nSPS) is 12.7. The van der Waals surface area contributed by atoms with Crippen molar-refractivity contribution >= 4 is 21.6 Å². The number of aromatic nitrogens is 2. The molecule has 0 spiro atoms. The Kier molecular flexibility index (Phi) is 5.06. The van der Waals surface area contributed by atoms with Gasteiger partial charge in [0, 0.05) is 22.7 Å². The molecule has 0 aliphatic carbocycles. The van der Waals surface area contributed by atoms with Gasteiger partial charge in [0.1, 0.15) is 0 Å². The van der Waals surface area contributed by atoms with Crippen LogP contribution in [-0.2, 0) is 0 Å². The van der Waals surface area contributed by atoms with E-state index in [1.165, 1.54) is 11.1 Å². The third-order valence-corrected chi connectivity index (χ3v) is 4.87. The van der Waals surface area contributed by atoms with E-state index in [1.54, 1.807) is 0 Å². The first-order chi connectivity index (χ1) is 9.93. The minimum absolute atomic E-state index is 0.0508. The van der Waals surface area contributed by atoms with Crippen molar-refractivity contribution in [3.05, 3.63) is 46.0 Å². The van der Waals surface area contributed by atoms with E-state index in [0.717, 1.165) is 15.9 Å². The van der Waals surface area contributed by atoms with Gasteiger partial charge in [0.15, 0.2) is 0 Å². The molecule has 1 aromatic carbocycles. The van der Waals surface area contributed by atoms with Crippen LogP contribution in [0.3, 0.4) is 0 Å². The molecule has 3 N–H and O–H groups in total. The first kappa shape index (κ1) is 16.0. The number of halogens is 1. The molecular weight excluding hydrogens is 328 g/mol. The molecule has 0 aliphatic rings. The van der Waals surface area contributed by atoms with Crippen molar-refractivity contribution in [3.63, 3.8) is 0 Å². The number of imidazole rings is 1. The van der Waals surface area contributed by atoms with Crippen LogP contribution in [0.25, 0.3) is 0 Å². The topological polar surface area (TPSA) is 55.9 Å². The maximum atomic E-state index is 5.97. The Balaban J connectivity index is 2.29. The summed E-state index contributed by atoms with van der Waals surface area (Å²) in [7, 11) is 0. The first-order valence-electron chi connectivity index (χ1n) is 7.19. The molecule has 114 valence electrons. The van der Waals surface area contributed by atoms with E-state index in [4.69, 9.17) is 5.73 Å². The zero-order chi connectivity index (χ0) is 15.6. The fraction of sp³-hybridized carbons (Fsp3) is 0.438. The van der Waals surface area contributed by atoms with E-state index in [-0.39, 0.29) is 6.04 Å². The zero-order valence-corrected chi connectivity index (χ0v) is 14.6.